The van der Waals surface area contributed by atoms with Gasteiger partial charge in [0.05, 0.1) is 13.3 Å². The molecule has 2 aromatic heterocycles. The van der Waals surface area contributed by atoms with Gasteiger partial charge in [0.25, 0.3) is 5.56 Å². The topological polar surface area (TPSA) is 86.1 Å². The van der Waals surface area contributed by atoms with Gasteiger partial charge in [0, 0.05) is 29.8 Å². The average Bonchev–Trinajstić information content (AvgIpc) is 3.29. The molecule has 0 aromatic carbocycles. The zero-order valence-corrected chi connectivity index (χ0v) is 15.6. The minimum atomic E-state index is -0.591. The molecule has 1 aliphatic heterocycles. The van der Waals surface area contributed by atoms with E-state index in [1.807, 2.05) is 25.3 Å². The van der Waals surface area contributed by atoms with Gasteiger partial charge in [0.1, 0.15) is 17.6 Å². The third-order valence-corrected chi connectivity index (χ3v) is 5.72. The highest BCUT2D eigenvalue weighted by Crippen LogP contribution is 2.36. The molecule has 1 saturated carbocycles. The molecule has 4 rings (SSSR count). The zero-order valence-electron chi connectivity index (χ0n) is 15.6. The summed E-state index contributed by atoms with van der Waals surface area (Å²) in [7, 11) is 1.35. The number of hydrogen-bond donors (Lipinski definition) is 1. The minimum absolute atomic E-state index is 0.0517. The molecule has 27 heavy (non-hydrogen) atoms. The van der Waals surface area contributed by atoms with Crippen LogP contribution in [0.4, 0.5) is 5.69 Å². The molecule has 0 saturated heterocycles. The maximum absolute atomic E-state index is 13.0. The molecule has 1 N–H and O–H groups in total. The molecule has 142 valence electrons. The highest BCUT2D eigenvalue weighted by molar-refractivity contribution is 5.75. The first kappa shape index (κ1) is 17.7. The quantitative estimate of drug-likeness (QED) is 0.835. The van der Waals surface area contributed by atoms with E-state index < -0.39 is 12.0 Å². The van der Waals surface area contributed by atoms with Crippen LogP contribution >= 0.6 is 0 Å². The van der Waals surface area contributed by atoms with Crippen LogP contribution in [0.25, 0.3) is 0 Å². The number of carbonyl (C=O) groups excluding carboxylic acids is 1. The van der Waals surface area contributed by atoms with Crippen molar-refractivity contribution >= 4 is 11.7 Å². The fourth-order valence-electron chi connectivity index (χ4n) is 4.35. The van der Waals surface area contributed by atoms with Crippen molar-refractivity contribution in [3.8, 4) is 0 Å². The van der Waals surface area contributed by atoms with E-state index >= 15 is 0 Å². The number of ether oxygens (including phenoxy) is 1. The Hall–Kier alpha value is -2.70. The number of nitrogens with one attached hydrogen (secondary N) is 1. The molecule has 0 bridgehead atoms. The molecule has 1 fully saturated rings. The van der Waals surface area contributed by atoms with Crippen molar-refractivity contribution in [2.24, 2.45) is 0 Å². The van der Waals surface area contributed by atoms with Crippen molar-refractivity contribution in [2.75, 3.05) is 12.4 Å². The van der Waals surface area contributed by atoms with Gasteiger partial charge in [-0.25, -0.2) is 9.78 Å². The maximum Gasteiger partial charge on any atom is 0.329 e. The number of carbonyl (C=O) groups is 1. The summed E-state index contributed by atoms with van der Waals surface area (Å²) in [5.41, 5.74) is 1.36. The highest BCUT2D eigenvalue weighted by Gasteiger charge is 2.37. The number of rotatable bonds is 4. The van der Waals surface area contributed by atoms with Gasteiger partial charge in [-0.1, -0.05) is 13.0 Å². The summed E-state index contributed by atoms with van der Waals surface area (Å²) in [6.45, 7) is 1.97. The highest BCUT2D eigenvalue weighted by atomic mass is 16.5. The lowest BCUT2D eigenvalue weighted by Crippen LogP contribution is -2.32. The van der Waals surface area contributed by atoms with E-state index in [-0.39, 0.29) is 17.5 Å². The average molecular weight is 368 g/mol. The Balaban J connectivity index is 1.54. The first-order valence-electron chi connectivity index (χ1n) is 9.45. The number of nitrogens with zero attached hydrogens (tertiary/aromatic N) is 3. The van der Waals surface area contributed by atoms with Gasteiger partial charge in [0.2, 0.25) is 0 Å². The molecule has 0 spiro atoms. The molecule has 2 aromatic rings. The van der Waals surface area contributed by atoms with Crippen molar-refractivity contribution in [1.82, 2.24) is 14.5 Å². The van der Waals surface area contributed by atoms with E-state index in [1.165, 1.54) is 11.7 Å². The van der Waals surface area contributed by atoms with Crippen LogP contribution in [-0.4, -0.2) is 33.7 Å². The summed E-state index contributed by atoms with van der Waals surface area (Å²) in [5, 5.41) is 3.36. The maximum atomic E-state index is 13.0. The van der Waals surface area contributed by atoms with Crippen LogP contribution in [0.1, 0.15) is 62.0 Å². The van der Waals surface area contributed by atoms with E-state index in [4.69, 9.17) is 4.74 Å². The molecule has 0 unspecified atom stereocenters. The third-order valence-electron chi connectivity index (χ3n) is 5.72. The molecule has 3 heterocycles. The number of anilines is 1. The number of methoxy groups -OCH3 is 1. The summed E-state index contributed by atoms with van der Waals surface area (Å²) in [6.07, 6.45) is 6.91. The first-order chi connectivity index (χ1) is 13.1. The van der Waals surface area contributed by atoms with E-state index in [2.05, 4.69) is 21.4 Å². The predicted octanol–water partition coefficient (Wildman–Crippen LogP) is 2.61. The fourth-order valence-corrected chi connectivity index (χ4v) is 4.35. The Morgan fingerprint density at radius 3 is 2.85 bits per heavy atom. The van der Waals surface area contributed by atoms with Crippen LogP contribution in [-0.2, 0) is 9.53 Å². The Kier molecular flexibility index (Phi) is 4.68. The van der Waals surface area contributed by atoms with Crippen molar-refractivity contribution < 1.29 is 9.53 Å². The van der Waals surface area contributed by atoms with Gasteiger partial charge in [-0.05, 0) is 37.8 Å². The SMILES string of the molecule is COC(=O)[C@@H]1C[C@@H](C)c2ncc(N[C@@H]3CC[C@@H](c4ccccn4)C3)c(=O)n21. The first-order valence-corrected chi connectivity index (χ1v) is 9.45. The van der Waals surface area contributed by atoms with Gasteiger partial charge in [0.15, 0.2) is 0 Å². The van der Waals surface area contributed by atoms with E-state index in [1.54, 1.807) is 6.20 Å². The van der Waals surface area contributed by atoms with Crippen LogP contribution in [0.3, 0.4) is 0 Å². The minimum Gasteiger partial charge on any atom is -0.467 e. The number of pyridine rings is 1. The van der Waals surface area contributed by atoms with Crippen LogP contribution in [0.5, 0.6) is 0 Å². The lowest BCUT2D eigenvalue weighted by atomic mass is 10.0. The molecule has 4 atom stereocenters. The van der Waals surface area contributed by atoms with E-state index in [9.17, 15) is 9.59 Å². The number of aromatic nitrogens is 3. The number of fused-ring (bicyclic) bond motifs is 1. The van der Waals surface area contributed by atoms with Gasteiger partial charge in [-0.15, -0.1) is 0 Å². The van der Waals surface area contributed by atoms with E-state index in [0.29, 0.717) is 23.9 Å². The summed E-state index contributed by atoms with van der Waals surface area (Å²) >= 11 is 0. The lowest BCUT2D eigenvalue weighted by molar-refractivity contribution is -0.144. The molecule has 7 nitrogen and oxygen atoms in total. The standard InChI is InChI=1S/C20H24N4O3/c1-12-9-17(20(26)27-2)24-18(12)22-11-16(19(24)25)23-14-7-6-13(10-14)15-5-3-4-8-21-15/h3-5,8,11-14,17,23H,6-7,9-10H2,1-2H3/t12-,13-,14-,17+/m1/s1. The van der Waals surface area contributed by atoms with E-state index in [0.717, 1.165) is 25.0 Å². The second kappa shape index (κ2) is 7.13. The normalized spacial score (nSPS) is 26.6. The van der Waals surface area contributed by atoms with Gasteiger partial charge in [-0.3, -0.25) is 14.3 Å². The lowest BCUT2D eigenvalue weighted by Gasteiger charge is -2.17. The molecule has 0 radical (unpaired) electrons. The molecule has 1 aliphatic carbocycles. The largest absolute Gasteiger partial charge is 0.467 e. The van der Waals surface area contributed by atoms with Crippen molar-refractivity contribution in [3.05, 3.63) is 52.5 Å². The van der Waals surface area contributed by atoms with Crippen molar-refractivity contribution in [3.63, 3.8) is 0 Å². The van der Waals surface area contributed by atoms with Crippen LogP contribution in [0.15, 0.2) is 35.4 Å². The fraction of sp³-hybridized carbons (Fsp3) is 0.500. The molecular weight excluding hydrogens is 344 g/mol. The van der Waals surface area contributed by atoms with Crippen molar-refractivity contribution in [2.45, 2.75) is 56.5 Å². The van der Waals surface area contributed by atoms with Gasteiger partial charge in [-0.2, -0.15) is 0 Å². The van der Waals surface area contributed by atoms with Gasteiger partial charge < -0.3 is 10.1 Å². The summed E-state index contributed by atoms with van der Waals surface area (Å²) in [5.74, 6) is 0.712. The summed E-state index contributed by atoms with van der Waals surface area (Å²) < 4.78 is 6.38. The Bertz CT molecular complexity index is 896. The zero-order chi connectivity index (χ0) is 19.0. The Labute approximate surface area is 157 Å². The summed E-state index contributed by atoms with van der Waals surface area (Å²) in [4.78, 5) is 34.0. The molecular formula is C20H24N4O3. The smallest absolute Gasteiger partial charge is 0.329 e. The third kappa shape index (κ3) is 3.22. The van der Waals surface area contributed by atoms with Crippen LogP contribution < -0.4 is 10.9 Å². The second-order valence-corrected chi connectivity index (χ2v) is 7.49. The van der Waals surface area contributed by atoms with Crippen molar-refractivity contribution in [1.29, 1.82) is 0 Å². The number of hydrogen-bond acceptors (Lipinski definition) is 6. The van der Waals surface area contributed by atoms with Crippen LogP contribution in [0, 0.1) is 0 Å². The van der Waals surface area contributed by atoms with Crippen LogP contribution in [0.2, 0.25) is 0 Å². The molecule has 0 amide bonds. The van der Waals surface area contributed by atoms with Gasteiger partial charge >= 0.3 is 5.97 Å². The Morgan fingerprint density at radius 1 is 1.26 bits per heavy atom. The monoisotopic (exact) mass is 368 g/mol. The summed E-state index contributed by atoms with van der Waals surface area (Å²) in [6, 6.07) is 5.59. The molecule has 7 heteroatoms. The number of esters is 1. The Morgan fingerprint density at radius 2 is 2.11 bits per heavy atom. The predicted molar refractivity (Wildman–Crippen MR) is 101 cm³/mol. The molecule has 2 aliphatic rings. The second-order valence-electron chi connectivity index (χ2n) is 7.49.